The predicted octanol–water partition coefficient (Wildman–Crippen LogP) is 4.28. The van der Waals surface area contributed by atoms with Crippen molar-refractivity contribution in [3.8, 4) is 5.75 Å². The van der Waals surface area contributed by atoms with Crippen molar-refractivity contribution in [2.75, 3.05) is 43.1 Å². The third-order valence-corrected chi connectivity index (χ3v) is 5.73. The quantitative estimate of drug-likeness (QED) is 0.697. The molecule has 3 aromatic rings. The molecule has 1 aliphatic heterocycles. The van der Waals surface area contributed by atoms with Gasteiger partial charge in [-0.15, -0.1) is 0 Å². The van der Waals surface area contributed by atoms with Crippen LogP contribution in [0.25, 0.3) is 10.2 Å². The van der Waals surface area contributed by atoms with Crippen LogP contribution in [0.1, 0.15) is 0 Å². The first-order valence-corrected chi connectivity index (χ1v) is 9.13. The van der Waals surface area contributed by atoms with Gasteiger partial charge >= 0.3 is 0 Å². The highest BCUT2D eigenvalue weighted by Gasteiger charge is 2.21. The van der Waals surface area contributed by atoms with Gasteiger partial charge in [-0.2, -0.15) is 0 Å². The maximum Gasteiger partial charge on any atom is 0.186 e. The molecule has 124 valence electrons. The molecule has 4 rings (SSSR count). The van der Waals surface area contributed by atoms with Crippen LogP contribution in [0, 0.1) is 0 Å². The first-order chi connectivity index (χ1) is 11.8. The maximum absolute atomic E-state index is 6.32. The summed E-state index contributed by atoms with van der Waals surface area (Å²) in [7, 11) is 1.69. The lowest BCUT2D eigenvalue weighted by Gasteiger charge is -2.36. The molecule has 0 amide bonds. The molecule has 4 nitrogen and oxygen atoms in total. The number of methoxy groups -OCH3 is 1. The van der Waals surface area contributed by atoms with E-state index in [2.05, 4.69) is 21.9 Å². The molecule has 0 saturated carbocycles. The molecular weight excluding hydrogens is 342 g/mol. The molecule has 0 bridgehead atoms. The van der Waals surface area contributed by atoms with E-state index < -0.39 is 0 Å². The Morgan fingerprint density at radius 3 is 2.50 bits per heavy atom. The van der Waals surface area contributed by atoms with Gasteiger partial charge in [-0.25, -0.2) is 4.98 Å². The van der Waals surface area contributed by atoms with Crippen LogP contribution in [0.15, 0.2) is 42.5 Å². The van der Waals surface area contributed by atoms with Crippen molar-refractivity contribution >= 4 is 44.0 Å². The lowest BCUT2D eigenvalue weighted by atomic mass is 10.2. The van der Waals surface area contributed by atoms with Gasteiger partial charge in [0, 0.05) is 26.2 Å². The van der Waals surface area contributed by atoms with Crippen LogP contribution in [0.5, 0.6) is 5.75 Å². The summed E-state index contributed by atoms with van der Waals surface area (Å²) in [5.74, 6) is 0.838. The van der Waals surface area contributed by atoms with E-state index in [4.69, 9.17) is 21.3 Å². The van der Waals surface area contributed by atoms with Crippen LogP contribution in [0.4, 0.5) is 10.8 Å². The van der Waals surface area contributed by atoms with Crippen LogP contribution < -0.4 is 14.5 Å². The molecule has 6 heteroatoms. The number of piperazine rings is 1. The van der Waals surface area contributed by atoms with E-state index in [9.17, 15) is 0 Å². The fraction of sp³-hybridized carbons (Fsp3) is 0.278. The second kappa shape index (κ2) is 6.49. The van der Waals surface area contributed by atoms with Gasteiger partial charge in [0.1, 0.15) is 11.3 Å². The van der Waals surface area contributed by atoms with Gasteiger partial charge in [0.25, 0.3) is 0 Å². The third kappa shape index (κ3) is 2.78. The summed E-state index contributed by atoms with van der Waals surface area (Å²) in [6, 6.07) is 14.1. The van der Waals surface area contributed by atoms with Gasteiger partial charge in [0.05, 0.1) is 22.5 Å². The minimum Gasteiger partial charge on any atom is -0.494 e. The number of hydrogen-bond acceptors (Lipinski definition) is 5. The molecule has 0 aliphatic carbocycles. The highest BCUT2D eigenvalue weighted by atomic mass is 35.5. The Labute approximate surface area is 150 Å². The lowest BCUT2D eigenvalue weighted by molar-refractivity contribution is 0.419. The SMILES string of the molecule is COc1cccc2sc(N3CCN(c4ccccc4Cl)CC3)nc12. The van der Waals surface area contributed by atoms with E-state index in [1.54, 1.807) is 18.4 Å². The van der Waals surface area contributed by atoms with Crippen LogP contribution in [0.3, 0.4) is 0 Å². The third-order valence-electron chi connectivity index (χ3n) is 4.33. The van der Waals surface area contributed by atoms with Crippen LogP contribution in [-0.2, 0) is 0 Å². The average molecular weight is 360 g/mol. The largest absolute Gasteiger partial charge is 0.494 e. The van der Waals surface area contributed by atoms with Gasteiger partial charge in [0.2, 0.25) is 0 Å². The van der Waals surface area contributed by atoms with Crippen LogP contribution in [-0.4, -0.2) is 38.3 Å². The number of aromatic nitrogens is 1. The molecule has 1 saturated heterocycles. The molecule has 0 N–H and O–H groups in total. The van der Waals surface area contributed by atoms with E-state index in [0.29, 0.717) is 0 Å². The van der Waals surface area contributed by atoms with E-state index in [0.717, 1.165) is 58.0 Å². The van der Waals surface area contributed by atoms with Crippen molar-refractivity contribution in [3.05, 3.63) is 47.5 Å². The Morgan fingerprint density at radius 1 is 1.00 bits per heavy atom. The summed E-state index contributed by atoms with van der Waals surface area (Å²) >= 11 is 8.04. The second-order valence-corrected chi connectivity index (χ2v) is 7.15. The van der Waals surface area contributed by atoms with Crippen LogP contribution >= 0.6 is 22.9 Å². The topological polar surface area (TPSA) is 28.6 Å². The van der Waals surface area contributed by atoms with E-state index in [1.165, 1.54) is 0 Å². The van der Waals surface area contributed by atoms with Crippen molar-refractivity contribution in [3.63, 3.8) is 0 Å². The summed E-state index contributed by atoms with van der Waals surface area (Å²) in [6.07, 6.45) is 0. The number of halogens is 1. The Balaban J connectivity index is 1.53. The summed E-state index contributed by atoms with van der Waals surface area (Å²) in [5.41, 5.74) is 2.07. The molecule has 2 heterocycles. The van der Waals surface area contributed by atoms with Crippen molar-refractivity contribution in [1.82, 2.24) is 4.98 Å². The molecule has 0 atom stereocenters. The zero-order valence-corrected chi connectivity index (χ0v) is 15.0. The van der Waals surface area contributed by atoms with Gasteiger partial charge in [-0.1, -0.05) is 41.1 Å². The van der Waals surface area contributed by atoms with Gasteiger partial charge in [0.15, 0.2) is 5.13 Å². The number of nitrogens with zero attached hydrogens (tertiary/aromatic N) is 3. The Kier molecular flexibility index (Phi) is 4.21. The maximum atomic E-state index is 6.32. The van der Waals surface area contributed by atoms with E-state index in [1.807, 2.05) is 30.3 Å². The zero-order chi connectivity index (χ0) is 16.5. The molecule has 0 spiro atoms. The number of ether oxygens (including phenoxy) is 1. The molecule has 1 fully saturated rings. The zero-order valence-electron chi connectivity index (χ0n) is 13.4. The second-order valence-electron chi connectivity index (χ2n) is 5.73. The van der Waals surface area contributed by atoms with Crippen molar-refractivity contribution < 1.29 is 4.74 Å². The normalized spacial score (nSPS) is 15.1. The number of fused-ring (bicyclic) bond motifs is 1. The molecule has 1 aromatic heterocycles. The Bertz CT molecular complexity index is 858. The highest BCUT2D eigenvalue weighted by molar-refractivity contribution is 7.22. The van der Waals surface area contributed by atoms with Crippen molar-refractivity contribution in [2.24, 2.45) is 0 Å². The Hall–Kier alpha value is -1.98. The molecule has 1 aliphatic rings. The first-order valence-electron chi connectivity index (χ1n) is 7.94. The first kappa shape index (κ1) is 15.5. The Morgan fingerprint density at radius 2 is 1.75 bits per heavy atom. The lowest BCUT2D eigenvalue weighted by Crippen LogP contribution is -2.46. The minimum atomic E-state index is 0.815. The number of thiazole rings is 1. The van der Waals surface area contributed by atoms with Gasteiger partial charge in [-0.05, 0) is 24.3 Å². The number of hydrogen-bond donors (Lipinski definition) is 0. The fourth-order valence-electron chi connectivity index (χ4n) is 3.06. The van der Waals surface area contributed by atoms with E-state index >= 15 is 0 Å². The number of anilines is 2. The summed E-state index contributed by atoms with van der Waals surface area (Å²) in [6.45, 7) is 3.76. The highest BCUT2D eigenvalue weighted by Crippen LogP contribution is 2.35. The van der Waals surface area contributed by atoms with Crippen molar-refractivity contribution in [2.45, 2.75) is 0 Å². The van der Waals surface area contributed by atoms with Gasteiger partial charge < -0.3 is 14.5 Å². The average Bonchev–Trinajstić information content (AvgIpc) is 3.06. The molecule has 2 aromatic carbocycles. The summed E-state index contributed by atoms with van der Waals surface area (Å²) in [5, 5.41) is 1.88. The molecule has 0 radical (unpaired) electrons. The summed E-state index contributed by atoms with van der Waals surface area (Å²) in [4.78, 5) is 9.48. The van der Waals surface area contributed by atoms with E-state index in [-0.39, 0.29) is 0 Å². The predicted molar refractivity (Wildman–Crippen MR) is 102 cm³/mol. The number of benzene rings is 2. The smallest absolute Gasteiger partial charge is 0.186 e. The van der Waals surface area contributed by atoms with Crippen molar-refractivity contribution in [1.29, 1.82) is 0 Å². The molecule has 24 heavy (non-hydrogen) atoms. The summed E-state index contributed by atoms with van der Waals surface area (Å²) < 4.78 is 6.58. The minimum absolute atomic E-state index is 0.815. The monoisotopic (exact) mass is 359 g/mol. The van der Waals surface area contributed by atoms with Gasteiger partial charge in [-0.3, -0.25) is 0 Å². The standard InChI is InChI=1S/C18H18ClN3OS/c1-23-15-7-4-8-16-17(15)20-18(24-16)22-11-9-21(10-12-22)14-6-3-2-5-13(14)19/h2-8H,9-12H2,1H3. The molecule has 0 unspecified atom stereocenters. The molecular formula is C18H18ClN3OS. The number of rotatable bonds is 3. The number of para-hydroxylation sites is 2. The fourth-order valence-corrected chi connectivity index (χ4v) is 4.35. The van der Waals surface area contributed by atoms with Crippen LogP contribution in [0.2, 0.25) is 5.02 Å².